The minimum absolute atomic E-state index is 1.03. The van der Waals surface area contributed by atoms with E-state index < -0.39 is 0 Å². The lowest BCUT2D eigenvalue weighted by atomic mass is 10.2. The molecule has 0 atom stereocenters. The van der Waals surface area contributed by atoms with Gasteiger partial charge in [-0.1, -0.05) is 30.3 Å². The summed E-state index contributed by atoms with van der Waals surface area (Å²) in [7, 11) is 0. The molecule has 0 saturated carbocycles. The summed E-state index contributed by atoms with van der Waals surface area (Å²) in [5, 5.41) is 0. The number of hydrogen-bond acceptors (Lipinski definition) is 3. The molecular formula is C17H20BrN3. The molecule has 0 radical (unpaired) electrons. The number of benzene rings is 1. The third-order valence-electron chi connectivity index (χ3n) is 3.87. The standard InChI is InChI=1S/C17H20BrN3/c18-16-7-8-17(19-13-16)21-10-4-9-20(11-12-21)14-15-5-2-1-3-6-15/h1-3,5-8,13H,4,9-12,14H2. The highest BCUT2D eigenvalue weighted by Gasteiger charge is 2.15. The fourth-order valence-corrected chi connectivity index (χ4v) is 2.99. The van der Waals surface area contributed by atoms with Crippen LogP contribution in [0.4, 0.5) is 5.82 Å². The van der Waals surface area contributed by atoms with Crippen molar-refractivity contribution in [2.24, 2.45) is 0 Å². The van der Waals surface area contributed by atoms with Gasteiger partial charge in [-0.15, -0.1) is 0 Å². The van der Waals surface area contributed by atoms with Gasteiger partial charge in [0.25, 0.3) is 0 Å². The number of anilines is 1. The molecule has 1 saturated heterocycles. The van der Waals surface area contributed by atoms with Crippen LogP contribution in [0.15, 0.2) is 53.1 Å². The molecule has 1 fully saturated rings. The van der Waals surface area contributed by atoms with E-state index >= 15 is 0 Å². The summed E-state index contributed by atoms with van der Waals surface area (Å²) < 4.78 is 1.03. The first-order valence-electron chi connectivity index (χ1n) is 7.44. The molecule has 0 amide bonds. The van der Waals surface area contributed by atoms with Crippen molar-refractivity contribution in [3.63, 3.8) is 0 Å². The Balaban J connectivity index is 1.60. The Labute approximate surface area is 134 Å². The maximum atomic E-state index is 4.51. The fraction of sp³-hybridized carbons (Fsp3) is 0.353. The lowest BCUT2D eigenvalue weighted by Crippen LogP contribution is -2.30. The molecule has 0 aliphatic carbocycles. The van der Waals surface area contributed by atoms with Crippen LogP contribution in [0.2, 0.25) is 0 Å². The largest absolute Gasteiger partial charge is 0.355 e. The minimum Gasteiger partial charge on any atom is -0.355 e. The van der Waals surface area contributed by atoms with Gasteiger partial charge >= 0.3 is 0 Å². The number of rotatable bonds is 3. The fourth-order valence-electron chi connectivity index (χ4n) is 2.75. The van der Waals surface area contributed by atoms with Crippen molar-refractivity contribution in [3.8, 4) is 0 Å². The molecule has 3 rings (SSSR count). The Morgan fingerprint density at radius 3 is 2.57 bits per heavy atom. The van der Waals surface area contributed by atoms with Crippen LogP contribution in [0.25, 0.3) is 0 Å². The molecule has 1 aliphatic rings. The van der Waals surface area contributed by atoms with Crippen LogP contribution in [0.5, 0.6) is 0 Å². The SMILES string of the molecule is Brc1ccc(N2CCCN(Cc3ccccc3)CC2)nc1. The van der Waals surface area contributed by atoms with E-state index in [2.05, 4.69) is 73.2 Å². The molecule has 1 aromatic carbocycles. The van der Waals surface area contributed by atoms with Gasteiger partial charge in [-0.05, 0) is 40.0 Å². The average molecular weight is 346 g/mol. The van der Waals surface area contributed by atoms with Crippen LogP contribution in [0, 0.1) is 0 Å². The van der Waals surface area contributed by atoms with Gasteiger partial charge in [0.1, 0.15) is 5.82 Å². The number of halogens is 1. The van der Waals surface area contributed by atoms with Crippen LogP contribution in [-0.2, 0) is 6.54 Å². The Bertz CT molecular complexity index is 556. The number of aromatic nitrogens is 1. The first-order valence-corrected chi connectivity index (χ1v) is 8.23. The third kappa shape index (κ3) is 4.05. The second-order valence-corrected chi connectivity index (χ2v) is 6.35. The Morgan fingerprint density at radius 2 is 1.81 bits per heavy atom. The lowest BCUT2D eigenvalue weighted by Gasteiger charge is -2.22. The van der Waals surface area contributed by atoms with E-state index in [-0.39, 0.29) is 0 Å². The number of pyridine rings is 1. The average Bonchev–Trinajstić information content (AvgIpc) is 2.75. The summed E-state index contributed by atoms with van der Waals surface area (Å²) in [5.74, 6) is 1.08. The van der Waals surface area contributed by atoms with Crippen LogP contribution in [-0.4, -0.2) is 36.1 Å². The van der Waals surface area contributed by atoms with Gasteiger partial charge in [0.05, 0.1) is 0 Å². The second-order valence-electron chi connectivity index (χ2n) is 5.44. The normalized spacial score (nSPS) is 16.7. The molecule has 2 aromatic rings. The lowest BCUT2D eigenvalue weighted by molar-refractivity contribution is 0.285. The molecule has 0 unspecified atom stereocenters. The summed E-state index contributed by atoms with van der Waals surface area (Å²) in [4.78, 5) is 9.44. The van der Waals surface area contributed by atoms with Crippen LogP contribution in [0.3, 0.4) is 0 Å². The van der Waals surface area contributed by atoms with Gasteiger partial charge in [0.15, 0.2) is 0 Å². The first kappa shape index (κ1) is 14.5. The molecule has 4 heteroatoms. The monoisotopic (exact) mass is 345 g/mol. The zero-order valence-electron chi connectivity index (χ0n) is 12.1. The third-order valence-corrected chi connectivity index (χ3v) is 4.34. The molecule has 2 heterocycles. The van der Waals surface area contributed by atoms with E-state index in [0.29, 0.717) is 0 Å². The van der Waals surface area contributed by atoms with E-state index in [0.717, 1.165) is 43.0 Å². The second kappa shape index (κ2) is 7.05. The molecule has 0 bridgehead atoms. The Hall–Kier alpha value is -1.39. The van der Waals surface area contributed by atoms with Crippen molar-refractivity contribution in [2.45, 2.75) is 13.0 Å². The smallest absolute Gasteiger partial charge is 0.128 e. The van der Waals surface area contributed by atoms with Gasteiger partial charge in [-0.2, -0.15) is 0 Å². The van der Waals surface area contributed by atoms with Gasteiger partial charge in [-0.25, -0.2) is 4.98 Å². The van der Waals surface area contributed by atoms with Crippen molar-refractivity contribution in [1.82, 2.24) is 9.88 Å². The summed E-state index contributed by atoms with van der Waals surface area (Å²) >= 11 is 3.44. The zero-order valence-corrected chi connectivity index (χ0v) is 13.7. The summed E-state index contributed by atoms with van der Waals surface area (Å²) in [5.41, 5.74) is 1.40. The minimum atomic E-state index is 1.03. The highest BCUT2D eigenvalue weighted by atomic mass is 79.9. The number of hydrogen-bond donors (Lipinski definition) is 0. The van der Waals surface area contributed by atoms with Crippen LogP contribution >= 0.6 is 15.9 Å². The molecule has 21 heavy (non-hydrogen) atoms. The maximum Gasteiger partial charge on any atom is 0.128 e. The zero-order chi connectivity index (χ0) is 14.5. The highest BCUT2D eigenvalue weighted by Crippen LogP contribution is 2.17. The van der Waals surface area contributed by atoms with E-state index in [1.165, 1.54) is 12.0 Å². The molecule has 3 nitrogen and oxygen atoms in total. The molecular weight excluding hydrogens is 326 g/mol. The maximum absolute atomic E-state index is 4.51. The Kier molecular flexibility index (Phi) is 4.88. The highest BCUT2D eigenvalue weighted by molar-refractivity contribution is 9.10. The quantitative estimate of drug-likeness (QED) is 0.847. The van der Waals surface area contributed by atoms with Gasteiger partial charge in [-0.3, -0.25) is 4.90 Å². The van der Waals surface area contributed by atoms with Crippen molar-refractivity contribution >= 4 is 21.7 Å². The van der Waals surface area contributed by atoms with Gasteiger partial charge < -0.3 is 4.90 Å². The number of nitrogens with zero attached hydrogens (tertiary/aromatic N) is 3. The van der Waals surface area contributed by atoms with Gasteiger partial charge in [0, 0.05) is 43.4 Å². The van der Waals surface area contributed by atoms with Crippen molar-refractivity contribution in [3.05, 3.63) is 58.7 Å². The van der Waals surface area contributed by atoms with Crippen molar-refractivity contribution in [2.75, 3.05) is 31.1 Å². The molecule has 1 aromatic heterocycles. The van der Waals surface area contributed by atoms with Gasteiger partial charge in [0.2, 0.25) is 0 Å². The molecule has 1 aliphatic heterocycles. The van der Waals surface area contributed by atoms with Crippen LogP contribution in [0.1, 0.15) is 12.0 Å². The van der Waals surface area contributed by atoms with Crippen LogP contribution < -0.4 is 4.90 Å². The molecule has 0 N–H and O–H groups in total. The van der Waals surface area contributed by atoms with E-state index in [4.69, 9.17) is 0 Å². The first-order chi connectivity index (χ1) is 10.3. The van der Waals surface area contributed by atoms with Crippen molar-refractivity contribution < 1.29 is 0 Å². The molecule has 110 valence electrons. The predicted octanol–water partition coefficient (Wildman–Crippen LogP) is 3.56. The van der Waals surface area contributed by atoms with E-state index in [1.807, 2.05) is 6.20 Å². The molecule has 0 spiro atoms. The van der Waals surface area contributed by atoms with E-state index in [1.54, 1.807) is 0 Å². The summed E-state index contributed by atoms with van der Waals surface area (Å²) in [6, 6.07) is 14.9. The van der Waals surface area contributed by atoms with Crippen molar-refractivity contribution in [1.29, 1.82) is 0 Å². The summed E-state index contributed by atoms with van der Waals surface area (Å²) in [6.45, 7) is 5.42. The predicted molar refractivity (Wildman–Crippen MR) is 90.5 cm³/mol. The van der Waals surface area contributed by atoms with E-state index in [9.17, 15) is 0 Å². The summed E-state index contributed by atoms with van der Waals surface area (Å²) in [6.07, 6.45) is 3.06. The topological polar surface area (TPSA) is 19.4 Å². The Morgan fingerprint density at radius 1 is 0.952 bits per heavy atom.